The summed E-state index contributed by atoms with van der Waals surface area (Å²) in [4.78, 5) is 14.4. The summed E-state index contributed by atoms with van der Waals surface area (Å²) in [5, 5.41) is 9.74. The number of aliphatic hydroxyl groups is 1. The Morgan fingerprint density at radius 2 is 2.05 bits per heavy atom. The lowest BCUT2D eigenvalue weighted by atomic mass is 9.97. The van der Waals surface area contributed by atoms with Gasteiger partial charge in [0, 0.05) is 19.2 Å². The van der Waals surface area contributed by atoms with Gasteiger partial charge in [-0.25, -0.2) is 0 Å². The number of benzene rings is 1. The Kier molecular flexibility index (Phi) is 6.33. The fourth-order valence-corrected chi connectivity index (χ4v) is 2.16. The predicted octanol–water partition coefficient (Wildman–Crippen LogP) is 1.81. The molecule has 0 saturated carbocycles. The monoisotopic (exact) mass is 279 g/mol. The zero-order valence-electron chi connectivity index (χ0n) is 13.0. The van der Waals surface area contributed by atoms with Gasteiger partial charge < -0.3 is 9.84 Å². The van der Waals surface area contributed by atoms with Gasteiger partial charge in [0.15, 0.2) is 5.78 Å². The minimum Gasteiger partial charge on any atom is -0.389 e. The van der Waals surface area contributed by atoms with Crippen LogP contribution in [-0.4, -0.2) is 55.2 Å². The van der Waals surface area contributed by atoms with E-state index in [9.17, 15) is 9.90 Å². The number of carbonyl (C=O) groups is 1. The van der Waals surface area contributed by atoms with Gasteiger partial charge >= 0.3 is 0 Å². The van der Waals surface area contributed by atoms with Crippen LogP contribution in [0.1, 0.15) is 28.4 Å². The number of rotatable bonds is 7. The smallest absolute Gasteiger partial charge is 0.179 e. The topological polar surface area (TPSA) is 49.8 Å². The highest BCUT2D eigenvalue weighted by atomic mass is 16.5. The van der Waals surface area contributed by atoms with Crippen molar-refractivity contribution in [1.82, 2.24) is 4.90 Å². The number of hydrogen-bond acceptors (Lipinski definition) is 4. The Labute approximate surface area is 121 Å². The van der Waals surface area contributed by atoms with E-state index >= 15 is 0 Å². The molecule has 4 nitrogen and oxygen atoms in total. The quantitative estimate of drug-likeness (QED) is 0.773. The zero-order valence-corrected chi connectivity index (χ0v) is 13.0. The maximum atomic E-state index is 12.5. The van der Waals surface area contributed by atoms with Crippen molar-refractivity contribution < 1.29 is 14.6 Å². The molecule has 1 aromatic carbocycles. The minimum atomic E-state index is -0.584. The number of aryl methyl sites for hydroxylation is 2. The molecule has 2 atom stereocenters. The van der Waals surface area contributed by atoms with Crippen LogP contribution < -0.4 is 0 Å². The third-order valence-electron chi connectivity index (χ3n) is 3.56. The van der Waals surface area contributed by atoms with Crippen LogP contribution >= 0.6 is 0 Å². The number of likely N-dealkylation sites (N-methyl/N-ethyl adjacent to an activating group) is 1. The molecule has 0 bridgehead atoms. The van der Waals surface area contributed by atoms with Crippen LogP contribution in [0.2, 0.25) is 0 Å². The van der Waals surface area contributed by atoms with Gasteiger partial charge in [-0.05, 0) is 39.4 Å². The molecule has 0 amide bonds. The second kappa shape index (κ2) is 7.53. The summed E-state index contributed by atoms with van der Waals surface area (Å²) >= 11 is 0. The van der Waals surface area contributed by atoms with E-state index in [1.807, 2.05) is 50.9 Å². The van der Waals surface area contributed by atoms with E-state index in [0.717, 1.165) is 16.7 Å². The molecule has 1 rings (SSSR count). The van der Waals surface area contributed by atoms with Crippen molar-refractivity contribution in [2.24, 2.45) is 0 Å². The third kappa shape index (κ3) is 4.40. The van der Waals surface area contributed by atoms with Crippen molar-refractivity contribution in [2.75, 3.05) is 27.3 Å². The first-order chi connectivity index (χ1) is 9.36. The zero-order chi connectivity index (χ0) is 15.3. The van der Waals surface area contributed by atoms with Crippen molar-refractivity contribution in [1.29, 1.82) is 0 Å². The lowest BCUT2D eigenvalue weighted by Crippen LogP contribution is -2.42. The van der Waals surface area contributed by atoms with E-state index in [1.165, 1.54) is 0 Å². The average Bonchev–Trinajstić information content (AvgIpc) is 2.40. The van der Waals surface area contributed by atoms with Crippen molar-refractivity contribution in [3.05, 3.63) is 34.9 Å². The number of Topliss-reactive ketones (excluding diaryl/α,β-unsaturated/α-hetero) is 1. The summed E-state index contributed by atoms with van der Waals surface area (Å²) in [6.45, 7) is 6.47. The predicted molar refractivity (Wildman–Crippen MR) is 80.2 cm³/mol. The molecular weight excluding hydrogens is 254 g/mol. The van der Waals surface area contributed by atoms with Gasteiger partial charge in [-0.3, -0.25) is 9.69 Å². The number of ether oxygens (including phenoxy) is 1. The molecule has 1 N–H and O–H groups in total. The molecule has 2 unspecified atom stereocenters. The van der Waals surface area contributed by atoms with E-state index in [-0.39, 0.29) is 18.4 Å². The van der Waals surface area contributed by atoms with Crippen molar-refractivity contribution in [3.63, 3.8) is 0 Å². The summed E-state index contributed by atoms with van der Waals surface area (Å²) in [5.41, 5.74) is 2.82. The Balaban J connectivity index is 2.78. The van der Waals surface area contributed by atoms with Gasteiger partial charge in [-0.2, -0.15) is 0 Å². The van der Waals surface area contributed by atoms with Gasteiger partial charge in [-0.1, -0.05) is 17.7 Å². The van der Waals surface area contributed by atoms with Crippen LogP contribution in [0.4, 0.5) is 0 Å². The first-order valence-electron chi connectivity index (χ1n) is 6.85. The maximum Gasteiger partial charge on any atom is 0.179 e. The summed E-state index contributed by atoms with van der Waals surface area (Å²) in [6.07, 6.45) is -0.584. The highest BCUT2D eigenvalue weighted by Gasteiger charge is 2.22. The first-order valence-corrected chi connectivity index (χ1v) is 6.85. The van der Waals surface area contributed by atoms with E-state index in [2.05, 4.69) is 0 Å². The van der Waals surface area contributed by atoms with E-state index in [4.69, 9.17) is 4.74 Å². The molecule has 0 aliphatic heterocycles. The molecule has 0 radical (unpaired) electrons. The maximum absolute atomic E-state index is 12.5. The summed E-state index contributed by atoms with van der Waals surface area (Å²) in [6, 6.07) is 5.62. The molecule has 112 valence electrons. The van der Waals surface area contributed by atoms with E-state index in [0.29, 0.717) is 6.54 Å². The molecule has 20 heavy (non-hydrogen) atoms. The fourth-order valence-electron chi connectivity index (χ4n) is 2.16. The van der Waals surface area contributed by atoms with Crippen LogP contribution in [0.25, 0.3) is 0 Å². The number of aliphatic hydroxyl groups excluding tert-OH is 1. The van der Waals surface area contributed by atoms with Crippen LogP contribution in [-0.2, 0) is 4.74 Å². The number of hydrogen-bond donors (Lipinski definition) is 1. The molecule has 0 fully saturated rings. The molecule has 1 aromatic rings. The van der Waals surface area contributed by atoms with E-state index in [1.54, 1.807) is 7.11 Å². The SMILES string of the molecule is COCC(O)CN(C)C(C)C(=O)c1cc(C)ccc1C. The van der Waals surface area contributed by atoms with E-state index < -0.39 is 6.10 Å². The van der Waals surface area contributed by atoms with Crippen molar-refractivity contribution >= 4 is 5.78 Å². The number of nitrogens with zero attached hydrogens (tertiary/aromatic N) is 1. The van der Waals surface area contributed by atoms with Crippen molar-refractivity contribution in [3.8, 4) is 0 Å². The van der Waals surface area contributed by atoms with Gasteiger partial charge in [-0.15, -0.1) is 0 Å². The number of methoxy groups -OCH3 is 1. The Morgan fingerprint density at radius 3 is 2.65 bits per heavy atom. The standard InChI is InChI=1S/C16H25NO3/c1-11-6-7-12(2)15(8-11)16(19)13(3)17(4)9-14(18)10-20-5/h6-8,13-14,18H,9-10H2,1-5H3. The van der Waals surface area contributed by atoms with Gasteiger partial charge in [0.05, 0.1) is 18.8 Å². The summed E-state index contributed by atoms with van der Waals surface area (Å²) < 4.78 is 4.90. The average molecular weight is 279 g/mol. The molecule has 0 spiro atoms. The Bertz CT molecular complexity index is 459. The van der Waals surface area contributed by atoms with Crippen LogP contribution in [0.3, 0.4) is 0 Å². The Morgan fingerprint density at radius 1 is 1.40 bits per heavy atom. The molecule has 0 aromatic heterocycles. The molecule has 0 saturated heterocycles. The van der Waals surface area contributed by atoms with Crippen LogP contribution in [0.15, 0.2) is 18.2 Å². The van der Waals surface area contributed by atoms with Crippen LogP contribution in [0.5, 0.6) is 0 Å². The van der Waals surface area contributed by atoms with Crippen molar-refractivity contribution in [2.45, 2.75) is 32.9 Å². The largest absolute Gasteiger partial charge is 0.389 e. The lowest BCUT2D eigenvalue weighted by molar-refractivity contribution is 0.0351. The molecule has 0 aliphatic carbocycles. The summed E-state index contributed by atoms with van der Waals surface area (Å²) in [7, 11) is 3.39. The number of carbonyl (C=O) groups excluding carboxylic acids is 1. The molecule has 0 heterocycles. The Hall–Kier alpha value is -1.23. The lowest BCUT2D eigenvalue weighted by Gasteiger charge is -2.26. The van der Waals surface area contributed by atoms with Gasteiger partial charge in [0.25, 0.3) is 0 Å². The number of ketones is 1. The highest BCUT2D eigenvalue weighted by Crippen LogP contribution is 2.15. The van der Waals surface area contributed by atoms with Crippen LogP contribution in [0, 0.1) is 13.8 Å². The molecule has 4 heteroatoms. The second-order valence-electron chi connectivity index (χ2n) is 5.41. The molecule has 0 aliphatic rings. The highest BCUT2D eigenvalue weighted by molar-refractivity contribution is 6.01. The van der Waals surface area contributed by atoms with Gasteiger partial charge in [0.2, 0.25) is 0 Å². The third-order valence-corrected chi connectivity index (χ3v) is 3.56. The first kappa shape index (κ1) is 16.8. The fraction of sp³-hybridized carbons (Fsp3) is 0.562. The summed E-state index contributed by atoms with van der Waals surface area (Å²) in [5.74, 6) is 0.0818. The normalized spacial score (nSPS) is 14.3. The molecular formula is C16H25NO3. The second-order valence-corrected chi connectivity index (χ2v) is 5.41. The van der Waals surface area contributed by atoms with Gasteiger partial charge in [0.1, 0.15) is 0 Å². The minimum absolute atomic E-state index is 0.0818.